The van der Waals surface area contributed by atoms with Crippen LogP contribution in [0.5, 0.6) is 5.75 Å². The Morgan fingerprint density at radius 1 is 1.31 bits per heavy atom. The Morgan fingerprint density at radius 3 is 2.96 bits per heavy atom. The molecule has 26 heavy (non-hydrogen) atoms. The number of hydroxylamine groups is 2. The van der Waals surface area contributed by atoms with Crippen LogP contribution in [0.2, 0.25) is 0 Å². The molecule has 3 heterocycles. The SMILES string of the molecule is O=C(c1cccc(O)c1)N1Cc2ccnn2[C@@H](CC(=O)N2CCCO2)C1. The molecule has 4 rings (SSSR count). The van der Waals surface area contributed by atoms with Crippen molar-refractivity contribution >= 4 is 11.8 Å². The van der Waals surface area contributed by atoms with Gasteiger partial charge in [-0.2, -0.15) is 5.10 Å². The summed E-state index contributed by atoms with van der Waals surface area (Å²) in [5.41, 5.74) is 1.30. The summed E-state index contributed by atoms with van der Waals surface area (Å²) in [6, 6.07) is 7.90. The summed E-state index contributed by atoms with van der Waals surface area (Å²) < 4.78 is 1.82. The van der Waals surface area contributed by atoms with Crippen molar-refractivity contribution in [3.8, 4) is 5.75 Å². The highest BCUT2D eigenvalue weighted by Gasteiger charge is 2.32. The first kappa shape index (κ1) is 16.6. The molecule has 0 spiro atoms. The summed E-state index contributed by atoms with van der Waals surface area (Å²) in [5.74, 6) is -0.223. The van der Waals surface area contributed by atoms with E-state index in [-0.39, 0.29) is 30.0 Å². The van der Waals surface area contributed by atoms with E-state index in [1.807, 2.05) is 10.7 Å². The highest BCUT2D eigenvalue weighted by molar-refractivity contribution is 5.94. The number of nitrogens with zero attached hydrogens (tertiary/aromatic N) is 4. The molecule has 2 aromatic rings. The second kappa shape index (κ2) is 6.80. The molecule has 2 amide bonds. The zero-order valence-corrected chi connectivity index (χ0v) is 14.2. The number of hydrogen-bond acceptors (Lipinski definition) is 5. The van der Waals surface area contributed by atoms with E-state index in [0.29, 0.717) is 31.8 Å². The van der Waals surface area contributed by atoms with Crippen LogP contribution in [-0.4, -0.2) is 56.4 Å². The van der Waals surface area contributed by atoms with Crippen LogP contribution < -0.4 is 0 Å². The Bertz CT molecular complexity index is 828. The molecule has 1 atom stereocenters. The zero-order valence-electron chi connectivity index (χ0n) is 14.2. The summed E-state index contributed by atoms with van der Waals surface area (Å²) in [5, 5.41) is 15.4. The molecule has 0 unspecified atom stereocenters. The molecule has 0 aliphatic carbocycles. The maximum atomic E-state index is 12.8. The number of phenols is 1. The molecule has 1 fully saturated rings. The molecule has 2 aliphatic rings. The van der Waals surface area contributed by atoms with Gasteiger partial charge < -0.3 is 10.0 Å². The number of benzene rings is 1. The van der Waals surface area contributed by atoms with Crippen molar-refractivity contribution in [2.75, 3.05) is 19.7 Å². The smallest absolute Gasteiger partial charge is 0.254 e. The number of rotatable bonds is 3. The molecule has 8 heteroatoms. The van der Waals surface area contributed by atoms with E-state index in [9.17, 15) is 14.7 Å². The van der Waals surface area contributed by atoms with Crippen molar-refractivity contribution in [3.05, 3.63) is 47.8 Å². The van der Waals surface area contributed by atoms with Crippen molar-refractivity contribution in [1.82, 2.24) is 19.7 Å². The minimum atomic E-state index is -0.244. The first-order valence-electron chi connectivity index (χ1n) is 8.66. The van der Waals surface area contributed by atoms with Crippen molar-refractivity contribution in [2.45, 2.75) is 25.4 Å². The van der Waals surface area contributed by atoms with Gasteiger partial charge in [-0.15, -0.1) is 0 Å². The van der Waals surface area contributed by atoms with E-state index < -0.39 is 0 Å². The molecule has 1 saturated heterocycles. The van der Waals surface area contributed by atoms with E-state index in [0.717, 1.165) is 12.1 Å². The average Bonchev–Trinajstić information content (AvgIpc) is 3.32. The van der Waals surface area contributed by atoms with Gasteiger partial charge in [0.1, 0.15) is 5.75 Å². The van der Waals surface area contributed by atoms with Crippen molar-refractivity contribution in [2.24, 2.45) is 0 Å². The van der Waals surface area contributed by atoms with Crippen LogP contribution in [-0.2, 0) is 16.2 Å². The van der Waals surface area contributed by atoms with Gasteiger partial charge in [0, 0.05) is 18.3 Å². The zero-order chi connectivity index (χ0) is 18.1. The molecule has 0 saturated carbocycles. The fourth-order valence-corrected chi connectivity index (χ4v) is 3.46. The number of carbonyl (C=O) groups excluding carboxylic acids is 2. The third-order valence-corrected chi connectivity index (χ3v) is 4.70. The lowest BCUT2D eigenvalue weighted by atomic mass is 10.1. The summed E-state index contributed by atoms with van der Waals surface area (Å²) >= 11 is 0. The largest absolute Gasteiger partial charge is 0.508 e. The Labute approximate surface area is 150 Å². The number of carbonyl (C=O) groups is 2. The van der Waals surface area contributed by atoms with Crippen LogP contribution in [0.1, 0.15) is 34.9 Å². The van der Waals surface area contributed by atoms with E-state index >= 15 is 0 Å². The molecule has 0 radical (unpaired) electrons. The molecule has 1 N–H and O–H groups in total. The second-order valence-electron chi connectivity index (χ2n) is 6.54. The minimum absolute atomic E-state index is 0.0517. The van der Waals surface area contributed by atoms with Crippen LogP contribution in [0.4, 0.5) is 0 Å². The van der Waals surface area contributed by atoms with Crippen LogP contribution in [0.15, 0.2) is 36.5 Å². The first-order valence-corrected chi connectivity index (χ1v) is 8.66. The molecule has 0 bridgehead atoms. The summed E-state index contributed by atoms with van der Waals surface area (Å²) in [7, 11) is 0. The summed E-state index contributed by atoms with van der Waals surface area (Å²) in [6.07, 6.45) is 2.74. The number of hydrogen-bond donors (Lipinski definition) is 1. The normalized spacial score (nSPS) is 19.5. The average molecular weight is 356 g/mol. The first-order chi connectivity index (χ1) is 12.6. The van der Waals surface area contributed by atoms with Gasteiger partial charge >= 0.3 is 0 Å². The van der Waals surface area contributed by atoms with E-state index in [1.54, 1.807) is 23.2 Å². The lowest BCUT2D eigenvalue weighted by molar-refractivity contribution is -0.169. The van der Waals surface area contributed by atoms with Gasteiger partial charge in [-0.25, -0.2) is 5.06 Å². The van der Waals surface area contributed by atoms with E-state index in [2.05, 4.69) is 5.10 Å². The summed E-state index contributed by atoms with van der Waals surface area (Å²) in [4.78, 5) is 32.3. The summed E-state index contributed by atoms with van der Waals surface area (Å²) in [6.45, 7) is 1.96. The van der Waals surface area contributed by atoms with Gasteiger partial charge in [0.15, 0.2) is 0 Å². The molecular weight excluding hydrogens is 336 g/mol. The van der Waals surface area contributed by atoms with Gasteiger partial charge in [0.2, 0.25) is 5.91 Å². The number of aromatic hydroxyl groups is 1. The highest BCUT2D eigenvalue weighted by atomic mass is 16.7. The van der Waals surface area contributed by atoms with Gasteiger partial charge in [0.05, 0.1) is 37.9 Å². The monoisotopic (exact) mass is 356 g/mol. The van der Waals surface area contributed by atoms with E-state index in [1.165, 1.54) is 17.2 Å². The fourth-order valence-electron chi connectivity index (χ4n) is 3.46. The predicted octanol–water partition coefficient (Wildman–Crippen LogP) is 1.34. The quantitative estimate of drug-likeness (QED) is 0.897. The predicted molar refractivity (Wildman–Crippen MR) is 91.0 cm³/mol. The molecule has 2 aliphatic heterocycles. The Balaban J connectivity index is 1.54. The van der Waals surface area contributed by atoms with Crippen LogP contribution >= 0.6 is 0 Å². The number of amides is 2. The molecule has 8 nitrogen and oxygen atoms in total. The van der Waals surface area contributed by atoms with Crippen molar-refractivity contribution in [3.63, 3.8) is 0 Å². The van der Waals surface area contributed by atoms with Crippen LogP contribution in [0.25, 0.3) is 0 Å². The number of fused-ring (bicyclic) bond motifs is 1. The Kier molecular flexibility index (Phi) is 4.34. The van der Waals surface area contributed by atoms with Crippen molar-refractivity contribution < 1.29 is 19.5 Å². The Hall–Kier alpha value is -2.87. The molecular formula is C18H20N4O4. The fraction of sp³-hybridized carbons (Fsp3) is 0.389. The highest BCUT2D eigenvalue weighted by Crippen LogP contribution is 2.26. The maximum absolute atomic E-state index is 12.8. The van der Waals surface area contributed by atoms with Crippen LogP contribution in [0.3, 0.4) is 0 Å². The van der Waals surface area contributed by atoms with Gasteiger partial charge in [-0.1, -0.05) is 6.07 Å². The van der Waals surface area contributed by atoms with Gasteiger partial charge in [-0.3, -0.25) is 19.1 Å². The third kappa shape index (κ3) is 3.15. The van der Waals surface area contributed by atoms with Crippen LogP contribution in [0, 0.1) is 0 Å². The van der Waals surface area contributed by atoms with E-state index in [4.69, 9.17) is 4.84 Å². The standard InChI is InChI=1S/C18H20N4O4/c23-16-4-1-3-13(9-16)18(25)20-11-14-5-6-19-22(14)15(12-20)10-17(24)21-7-2-8-26-21/h1,3-6,9,15,23H,2,7-8,10-12H2/t15-/m0/s1. The molecule has 1 aromatic carbocycles. The van der Waals surface area contributed by atoms with Gasteiger partial charge in [-0.05, 0) is 30.7 Å². The van der Waals surface area contributed by atoms with Crippen molar-refractivity contribution in [1.29, 1.82) is 0 Å². The molecule has 1 aromatic heterocycles. The maximum Gasteiger partial charge on any atom is 0.254 e. The third-order valence-electron chi connectivity index (χ3n) is 4.70. The number of phenolic OH excluding ortho intramolecular Hbond substituents is 1. The Morgan fingerprint density at radius 2 is 2.19 bits per heavy atom. The van der Waals surface area contributed by atoms with Gasteiger partial charge in [0.25, 0.3) is 5.91 Å². The second-order valence-corrected chi connectivity index (χ2v) is 6.54. The molecule has 136 valence electrons. The lowest BCUT2D eigenvalue weighted by Crippen LogP contribution is -2.43. The topological polar surface area (TPSA) is 87.9 Å². The minimum Gasteiger partial charge on any atom is -0.508 e. The lowest BCUT2D eigenvalue weighted by Gasteiger charge is -2.34. The number of aromatic nitrogens is 2.